The molecule has 1 fully saturated rings. The fourth-order valence-electron chi connectivity index (χ4n) is 1.82. The van der Waals surface area contributed by atoms with Gasteiger partial charge in [0.05, 0.1) is 13.2 Å². The maximum atomic E-state index is 11.8. The third-order valence-electron chi connectivity index (χ3n) is 3.03. The standard InChI is InChI=1S/C10H19NO5S/c1-7(10(13)16-2)17(14,15)11-8-3-5-9(12)6-4-8/h7-9,11-12H,3-6H2,1-2H3. The van der Waals surface area contributed by atoms with E-state index < -0.39 is 21.2 Å². The van der Waals surface area contributed by atoms with Crippen LogP contribution in [0.1, 0.15) is 32.6 Å². The number of hydrogen-bond donors (Lipinski definition) is 2. The average Bonchev–Trinajstić information content (AvgIpc) is 2.30. The molecule has 0 aromatic carbocycles. The Kier molecular flexibility index (Phi) is 4.91. The number of hydrogen-bond acceptors (Lipinski definition) is 5. The highest BCUT2D eigenvalue weighted by molar-refractivity contribution is 7.90. The van der Waals surface area contributed by atoms with Crippen molar-refractivity contribution in [3.63, 3.8) is 0 Å². The van der Waals surface area contributed by atoms with Crippen molar-refractivity contribution in [1.29, 1.82) is 0 Å². The van der Waals surface area contributed by atoms with Crippen molar-refractivity contribution < 1.29 is 23.1 Å². The molecule has 0 aromatic rings. The van der Waals surface area contributed by atoms with E-state index in [0.29, 0.717) is 25.7 Å². The molecule has 6 nitrogen and oxygen atoms in total. The molecule has 1 unspecified atom stereocenters. The van der Waals surface area contributed by atoms with Crippen LogP contribution in [0.25, 0.3) is 0 Å². The van der Waals surface area contributed by atoms with Crippen molar-refractivity contribution in [2.45, 2.75) is 50.0 Å². The number of aliphatic hydroxyl groups is 1. The molecule has 17 heavy (non-hydrogen) atoms. The third-order valence-corrected chi connectivity index (χ3v) is 4.81. The lowest BCUT2D eigenvalue weighted by atomic mass is 9.94. The van der Waals surface area contributed by atoms with E-state index in [-0.39, 0.29) is 12.1 Å². The molecule has 0 aromatic heterocycles. The molecule has 1 aliphatic rings. The van der Waals surface area contributed by atoms with Gasteiger partial charge in [0.1, 0.15) is 0 Å². The van der Waals surface area contributed by atoms with Crippen LogP contribution in [-0.4, -0.2) is 44.0 Å². The van der Waals surface area contributed by atoms with Crippen molar-refractivity contribution in [2.24, 2.45) is 0 Å². The average molecular weight is 265 g/mol. The van der Waals surface area contributed by atoms with Gasteiger partial charge in [-0.05, 0) is 32.6 Å². The van der Waals surface area contributed by atoms with Crippen LogP contribution >= 0.6 is 0 Å². The maximum absolute atomic E-state index is 11.8. The highest BCUT2D eigenvalue weighted by atomic mass is 32.2. The fourth-order valence-corrected chi connectivity index (χ4v) is 3.07. The van der Waals surface area contributed by atoms with E-state index in [1.54, 1.807) is 0 Å². The van der Waals surface area contributed by atoms with Crippen molar-refractivity contribution in [3.8, 4) is 0 Å². The number of rotatable bonds is 4. The number of carbonyl (C=O) groups is 1. The van der Waals surface area contributed by atoms with Gasteiger partial charge in [-0.25, -0.2) is 13.1 Å². The fraction of sp³-hybridized carbons (Fsp3) is 0.900. The monoisotopic (exact) mass is 265 g/mol. The van der Waals surface area contributed by atoms with Gasteiger partial charge in [0.15, 0.2) is 5.25 Å². The summed E-state index contributed by atoms with van der Waals surface area (Å²) in [6, 6.07) is -0.199. The molecule has 1 rings (SSSR count). The molecule has 0 saturated heterocycles. The second-order valence-electron chi connectivity index (χ2n) is 4.33. The van der Waals surface area contributed by atoms with Crippen LogP contribution in [0.2, 0.25) is 0 Å². The zero-order chi connectivity index (χ0) is 13.1. The number of sulfonamides is 1. The van der Waals surface area contributed by atoms with Crippen LogP contribution in [0.5, 0.6) is 0 Å². The second kappa shape index (κ2) is 5.79. The maximum Gasteiger partial charge on any atom is 0.325 e. The highest BCUT2D eigenvalue weighted by Gasteiger charge is 2.32. The number of aliphatic hydroxyl groups excluding tert-OH is 1. The Bertz CT molecular complexity index is 359. The SMILES string of the molecule is COC(=O)C(C)S(=O)(=O)NC1CCC(O)CC1. The molecule has 1 aliphatic carbocycles. The summed E-state index contributed by atoms with van der Waals surface area (Å²) in [5.41, 5.74) is 0. The molecular formula is C10H19NO5S. The van der Waals surface area contributed by atoms with Crippen LogP contribution in [-0.2, 0) is 19.6 Å². The first-order valence-electron chi connectivity index (χ1n) is 5.64. The number of nitrogens with one attached hydrogen (secondary N) is 1. The second-order valence-corrected chi connectivity index (χ2v) is 6.37. The molecule has 100 valence electrons. The lowest BCUT2D eigenvalue weighted by molar-refractivity contribution is -0.139. The molecule has 1 atom stereocenters. The largest absolute Gasteiger partial charge is 0.468 e. The van der Waals surface area contributed by atoms with E-state index in [1.807, 2.05) is 0 Å². The Morgan fingerprint density at radius 2 is 1.88 bits per heavy atom. The van der Waals surface area contributed by atoms with Crippen molar-refractivity contribution in [2.75, 3.05) is 7.11 Å². The van der Waals surface area contributed by atoms with E-state index >= 15 is 0 Å². The molecule has 2 N–H and O–H groups in total. The Morgan fingerprint density at radius 1 is 1.35 bits per heavy atom. The van der Waals surface area contributed by atoms with Gasteiger partial charge in [-0.2, -0.15) is 0 Å². The van der Waals surface area contributed by atoms with Crippen LogP contribution in [0.3, 0.4) is 0 Å². The predicted molar refractivity (Wildman–Crippen MR) is 61.8 cm³/mol. The van der Waals surface area contributed by atoms with Crippen LogP contribution in [0.4, 0.5) is 0 Å². The van der Waals surface area contributed by atoms with Gasteiger partial charge >= 0.3 is 5.97 Å². The minimum absolute atomic E-state index is 0.199. The summed E-state index contributed by atoms with van der Waals surface area (Å²) in [7, 11) is -2.54. The van der Waals surface area contributed by atoms with E-state index in [2.05, 4.69) is 9.46 Å². The van der Waals surface area contributed by atoms with Gasteiger partial charge in [-0.1, -0.05) is 0 Å². The van der Waals surface area contributed by atoms with Gasteiger partial charge < -0.3 is 9.84 Å². The zero-order valence-electron chi connectivity index (χ0n) is 10.0. The van der Waals surface area contributed by atoms with E-state index in [0.717, 1.165) is 7.11 Å². The van der Waals surface area contributed by atoms with Crippen LogP contribution in [0.15, 0.2) is 0 Å². The van der Waals surface area contributed by atoms with Gasteiger partial charge in [0, 0.05) is 6.04 Å². The Hall–Kier alpha value is -0.660. The van der Waals surface area contributed by atoms with Crippen molar-refractivity contribution in [1.82, 2.24) is 4.72 Å². The molecule has 7 heteroatoms. The summed E-state index contributed by atoms with van der Waals surface area (Å²) >= 11 is 0. The summed E-state index contributed by atoms with van der Waals surface area (Å²) in [4.78, 5) is 11.2. The Labute approximate surface area is 101 Å². The van der Waals surface area contributed by atoms with Gasteiger partial charge in [0.2, 0.25) is 10.0 Å². The molecule has 0 aliphatic heterocycles. The highest BCUT2D eigenvalue weighted by Crippen LogP contribution is 2.19. The summed E-state index contributed by atoms with van der Waals surface area (Å²) in [6.07, 6.45) is 2.01. The topological polar surface area (TPSA) is 92.7 Å². The molecule has 0 amide bonds. The first-order chi connectivity index (χ1) is 7.86. The quantitative estimate of drug-likeness (QED) is 0.685. The minimum atomic E-state index is -3.69. The van der Waals surface area contributed by atoms with E-state index in [4.69, 9.17) is 0 Å². The summed E-state index contributed by atoms with van der Waals surface area (Å²) in [5.74, 6) is -0.770. The van der Waals surface area contributed by atoms with Crippen molar-refractivity contribution in [3.05, 3.63) is 0 Å². The Balaban J connectivity index is 2.58. The number of esters is 1. The zero-order valence-corrected chi connectivity index (χ0v) is 10.9. The molecular weight excluding hydrogens is 246 g/mol. The van der Waals surface area contributed by atoms with Crippen LogP contribution < -0.4 is 4.72 Å². The van der Waals surface area contributed by atoms with Gasteiger partial charge in [-0.15, -0.1) is 0 Å². The van der Waals surface area contributed by atoms with Crippen molar-refractivity contribution >= 4 is 16.0 Å². The van der Waals surface area contributed by atoms with E-state index in [9.17, 15) is 18.3 Å². The third kappa shape index (κ3) is 3.93. The van der Waals surface area contributed by atoms with Gasteiger partial charge in [0.25, 0.3) is 0 Å². The molecule has 1 saturated carbocycles. The molecule has 0 radical (unpaired) electrons. The lowest BCUT2D eigenvalue weighted by Crippen LogP contribution is -2.45. The number of ether oxygens (including phenoxy) is 1. The summed E-state index contributed by atoms with van der Waals surface area (Å²) in [6.45, 7) is 1.30. The smallest absolute Gasteiger partial charge is 0.325 e. The first-order valence-corrected chi connectivity index (χ1v) is 7.18. The number of carbonyl (C=O) groups excluding carboxylic acids is 1. The summed E-state index contributed by atoms with van der Waals surface area (Å²) < 4.78 is 30.5. The first kappa shape index (κ1) is 14.4. The number of methoxy groups -OCH3 is 1. The summed E-state index contributed by atoms with van der Waals surface area (Å²) in [5, 5.41) is 8.10. The molecule has 0 spiro atoms. The Morgan fingerprint density at radius 3 is 2.35 bits per heavy atom. The molecule has 0 bridgehead atoms. The van der Waals surface area contributed by atoms with E-state index in [1.165, 1.54) is 6.92 Å². The normalized spacial score (nSPS) is 27.5. The predicted octanol–water partition coefficient (Wildman–Crippen LogP) is -0.229. The minimum Gasteiger partial charge on any atom is -0.468 e. The molecule has 0 heterocycles. The van der Waals surface area contributed by atoms with Gasteiger partial charge in [-0.3, -0.25) is 4.79 Å². The van der Waals surface area contributed by atoms with Crippen LogP contribution in [0, 0.1) is 0 Å². The lowest BCUT2D eigenvalue weighted by Gasteiger charge is -2.26.